The maximum Gasteiger partial charge on any atom is 0.325 e. The van der Waals surface area contributed by atoms with E-state index in [9.17, 15) is 14.4 Å². The molecule has 4 fully saturated rings. The zero-order valence-electron chi connectivity index (χ0n) is 14.7. The zero-order valence-corrected chi connectivity index (χ0v) is 14.7. The molecule has 4 aliphatic carbocycles. The average Bonchev–Trinajstić information content (AvgIpc) is 2.53. The summed E-state index contributed by atoms with van der Waals surface area (Å²) >= 11 is 0. The van der Waals surface area contributed by atoms with Crippen LogP contribution in [0.5, 0.6) is 0 Å². The van der Waals surface area contributed by atoms with Crippen LogP contribution in [0.4, 0.5) is 0 Å². The highest BCUT2D eigenvalue weighted by Crippen LogP contribution is 2.60. The van der Waals surface area contributed by atoms with Gasteiger partial charge in [0.15, 0.2) is 0 Å². The highest BCUT2D eigenvalue weighted by molar-refractivity contribution is 5.85. The lowest BCUT2D eigenvalue weighted by molar-refractivity contribution is -0.147. The van der Waals surface area contributed by atoms with Crippen LogP contribution in [-0.2, 0) is 19.1 Å². The van der Waals surface area contributed by atoms with Gasteiger partial charge in [0.05, 0.1) is 7.11 Å². The molecule has 0 saturated heterocycles. The summed E-state index contributed by atoms with van der Waals surface area (Å²) in [6.07, 6.45) is 7.23. The Kier molecular flexibility index (Phi) is 4.83. The van der Waals surface area contributed by atoms with Crippen LogP contribution in [0.15, 0.2) is 0 Å². The van der Waals surface area contributed by atoms with Gasteiger partial charge in [-0.05, 0) is 56.3 Å². The quantitative estimate of drug-likeness (QED) is 0.743. The monoisotopic (exact) mass is 336 g/mol. The fourth-order valence-electron chi connectivity index (χ4n) is 5.40. The standard InChI is InChI=1S/C18H28N2O4/c1-20(11-16(22)24-2)15(21)3-4-19-17(23)18-8-12-5-13(9-18)7-14(6-12)10-18/h12-14H,3-11H2,1-2H3,(H,19,23). The van der Waals surface area contributed by atoms with Gasteiger partial charge in [0.1, 0.15) is 6.54 Å². The summed E-state index contributed by atoms with van der Waals surface area (Å²) in [6, 6.07) is 0. The summed E-state index contributed by atoms with van der Waals surface area (Å²) in [5, 5.41) is 2.99. The molecule has 4 bridgehead atoms. The predicted molar refractivity (Wildman–Crippen MR) is 87.9 cm³/mol. The van der Waals surface area contributed by atoms with Gasteiger partial charge in [-0.1, -0.05) is 0 Å². The predicted octanol–water partition coefficient (Wildman–Crippen LogP) is 1.34. The van der Waals surface area contributed by atoms with Gasteiger partial charge in [0.2, 0.25) is 11.8 Å². The van der Waals surface area contributed by atoms with Crippen molar-refractivity contribution >= 4 is 17.8 Å². The Morgan fingerprint density at radius 2 is 1.62 bits per heavy atom. The number of hydrogen-bond donors (Lipinski definition) is 1. The number of rotatable bonds is 6. The molecule has 0 atom stereocenters. The summed E-state index contributed by atoms with van der Waals surface area (Å²) in [7, 11) is 2.87. The zero-order chi connectivity index (χ0) is 17.3. The van der Waals surface area contributed by atoms with Crippen molar-refractivity contribution in [2.75, 3.05) is 27.2 Å². The van der Waals surface area contributed by atoms with Crippen LogP contribution < -0.4 is 5.32 Å². The first kappa shape index (κ1) is 17.2. The molecule has 0 aromatic carbocycles. The molecule has 2 amide bonds. The minimum atomic E-state index is -0.441. The first-order valence-corrected chi connectivity index (χ1v) is 9.01. The van der Waals surface area contributed by atoms with Crippen LogP contribution in [0.3, 0.4) is 0 Å². The number of carbonyl (C=O) groups excluding carboxylic acids is 3. The van der Waals surface area contributed by atoms with E-state index in [0.29, 0.717) is 6.54 Å². The van der Waals surface area contributed by atoms with Crippen LogP contribution in [-0.4, -0.2) is 49.9 Å². The van der Waals surface area contributed by atoms with Gasteiger partial charge in [-0.25, -0.2) is 0 Å². The number of methoxy groups -OCH3 is 1. The van der Waals surface area contributed by atoms with E-state index in [1.807, 2.05) is 0 Å². The molecule has 0 aliphatic heterocycles. The Labute approximate surface area is 143 Å². The van der Waals surface area contributed by atoms with Crippen LogP contribution >= 0.6 is 0 Å². The molecule has 1 N–H and O–H groups in total. The summed E-state index contributed by atoms with van der Waals surface area (Å²) < 4.78 is 4.55. The van der Waals surface area contributed by atoms with E-state index in [-0.39, 0.29) is 30.2 Å². The van der Waals surface area contributed by atoms with E-state index in [1.165, 1.54) is 31.3 Å². The summed E-state index contributed by atoms with van der Waals surface area (Å²) in [4.78, 5) is 37.3. The van der Waals surface area contributed by atoms with Gasteiger partial charge >= 0.3 is 5.97 Å². The van der Waals surface area contributed by atoms with E-state index in [4.69, 9.17) is 0 Å². The summed E-state index contributed by atoms with van der Waals surface area (Å²) in [5.41, 5.74) is -0.171. The molecule has 0 spiro atoms. The van der Waals surface area contributed by atoms with Crippen molar-refractivity contribution in [1.29, 1.82) is 0 Å². The Balaban J connectivity index is 1.46. The molecule has 134 valence electrons. The molecule has 4 aliphatic rings. The fourth-order valence-corrected chi connectivity index (χ4v) is 5.40. The Bertz CT molecular complexity index is 496. The minimum absolute atomic E-state index is 0.0573. The van der Waals surface area contributed by atoms with Crippen LogP contribution in [0, 0.1) is 23.2 Å². The van der Waals surface area contributed by atoms with E-state index in [2.05, 4.69) is 10.1 Å². The van der Waals surface area contributed by atoms with Gasteiger partial charge in [0.25, 0.3) is 0 Å². The first-order valence-electron chi connectivity index (χ1n) is 9.01. The van der Waals surface area contributed by atoms with Crippen molar-refractivity contribution in [3.63, 3.8) is 0 Å². The second-order valence-corrected chi connectivity index (χ2v) is 8.03. The number of likely N-dealkylation sites (N-methyl/N-ethyl adjacent to an activating group) is 1. The Morgan fingerprint density at radius 3 is 2.12 bits per heavy atom. The lowest BCUT2D eigenvalue weighted by Crippen LogP contribution is -2.53. The second-order valence-electron chi connectivity index (χ2n) is 8.03. The molecule has 24 heavy (non-hydrogen) atoms. The minimum Gasteiger partial charge on any atom is -0.468 e. The van der Waals surface area contributed by atoms with Gasteiger partial charge < -0.3 is 15.0 Å². The third-order valence-corrected chi connectivity index (χ3v) is 6.16. The lowest BCUT2D eigenvalue weighted by atomic mass is 9.49. The van der Waals surface area contributed by atoms with Gasteiger partial charge in [-0.2, -0.15) is 0 Å². The van der Waals surface area contributed by atoms with Crippen LogP contribution in [0.25, 0.3) is 0 Å². The molecule has 0 aromatic rings. The normalized spacial score (nSPS) is 33.2. The molecular weight excluding hydrogens is 308 g/mol. The summed E-state index contributed by atoms with van der Waals surface area (Å²) in [6.45, 7) is 0.281. The molecule has 0 radical (unpaired) electrons. The Morgan fingerprint density at radius 1 is 1.08 bits per heavy atom. The van der Waals surface area contributed by atoms with E-state index < -0.39 is 5.97 Å². The molecule has 6 nitrogen and oxygen atoms in total. The van der Waals surface area contributed by atoms with Crippen molar-refractivity contribution in [2.24, 2.45) is 23.2 Å². The van der Waals surface area contributed by atoms with Gasteiger partial charge in [-0.3, -0.25) is 14.4 Å². The highest BCUT2D eigenvalue weighted by atomic mass is 16.5. The number of ether oxygens (including phenoxy) is 1. The molecule has 4 saturated carbocycles. The van der Waals surface area contributed by atoms with Gasteiger partial charge in [0, 0.05) is 25.4 Å². The van der Waals surface area contributed by atoms with Crippen molar-refractivity contribution < 1.29 is 19.1 Å². The molecule has 0 heterocycles. The lowest BCUT2D eigenvalue weighted by Gasteiger charge is -2.55. The van der Waals surface area contributed by atoms with E-state index in [1.54, 1.807) is 7.05 Å². The topological polar surface area (TPSA) is 75.7 Å². The highest BCUT2D eigenvalue weighted by Gasteiger charge is 2.54. The number of amides is 2. The fraction of sp³-hybridized carbons (Fsp3) is 0.833. The van der Waals surface area contributed by atoms with Crippen LogP contribution in [0.1, 0.15) is 44.9 Å². The Hall–Kier alpha value is -1.59. The van der Waals surface area contributed by atoms with E-state index in [0.717, 1.165) is 37.0 Å². The average molecular weight is 336 g/mol. The molecule has 4 rings (SSSR count). The first-order chi connectivity index (χ1) is 11.4. The molecule has 6 heteroatoms. The number of nitrogens with one attached hydrogen (secondary N) is 1. The van der Waals surface area contributed by atoms with E-state index >= 15 is 0 Å². The van der Waals surface area contributed by atoms with Crippen molar-refractivity contribution in [3.05, 3.63) is 0 Å². The van der Waals surface area contributed by atoms with Crippen LogP contribution in [0.2, 0.25) is 0 Å². The SMILES string of the molecule is COC(=O)CN(C)C(=O)CCNC(=O)C12CC3CC(CC(C3)C1)C2. The second kappa shape index (κ2) is 6.73. The smallest absolute Gasteiger partial charge is 0.325 e. The maximum absolute atomic E-state index is 12.8. The maximum atomic E-state index is 12.8. The van der Waals surface area contributed by atoms with Gasteiger partial charge in [-0.15, -0.1) is 0 Å². The third kappa shape index (κ3) is 3.42. The number of hydrogen-bond acceptors (Lipinski definition) is 4. The largest absolute Gasteiger partial charge is 0.468 e. The molecular formula is C18H28N2O4. The number of carbonyl (C=O) groups is 3. The molecule has 0 aromatic heterocycles. The number of esters is 1. The number of nitrogens with zero attached hydrogens (tertiary/aromatic N) is 1. The van der Waals surface area contributed by atoms with Crippen molar-refractivity contribution in [3.8, 4) is 0 Å². The van der Waals surface area contributed by atoms with Crippen molar-refractivity contribution in [2.45, 2.75) is 44.9 Å². The summed E-state index contributed by atoms with van der Waals surface area (Å²) in [5.74, 6) is 1.74. The van der Waals surface area contributed by atoms with Crippen molar-refractivity contribution in [1.82, 2.24) is 10.2 Å². The third-order valence-electron chi connectivity index (χ3n) is 6.16. The molecule has 0 unspecified atom stereocenters.